The maximum atomic E-state index is 11.8. The Hall–Kier alpha value is -2.76. The molecule has 0 unspecified atom stereocenters. The second kappa shape index (κ2) is 7.49. The zero-order chi connectivity index (χ0) is 15.9. The number of fused-ring (bicyclic) bond motifs is 1. The lowest BCUT2D eigenvalue weighted by atomic mass is 10.2. The van der Waals surface area contributed by atoms with Crippen molar-refractivity contribution in [3.63, 3.8) is 0 Å². The lowest BCUT2D eigenvalue weighted by molar-refractivity contribution is 0.0918. The summed E-state index contributed by atoms with van der Waals surface area (Å²) in [5, 5.41) is 5.61. The first kappa shape index (κ1) is 15.1. The van der Waals surface area contributed by atoms with E-state index in [1.807, 2.05) is 36.4 Å². The lowest BCUT2D eigenvalue weighted by Crippen LogP contribution is -2.44. The van der Waals surface area contributed by atoms with Crippen LogP contribution in [0.1, 0.15) is 5.56 Å². The molecule has 0 spiro atoms. The van der Waals surface area contributed by atoms with E-state index in [1.165, 1.54) is 0 Å². The fourth-order valence-corrected chi connectivity index (χ4v) is 2.30. The number of hydrogen-bond donors (Lipinski definition) is 2. The molecule has 0 fully saturated rings. The Morgan fingerprint density at radius 1 is 1.17 bits per heavy atom. The Kier molecular flexibility index (Phi) is 4.93. The Balaban J connectivity index is 1.37. The van der Waals surface area contributed by atoms with Crippen LogP contribution >= 0.6 is 0 Å². The predicted molar refractivity (Wildman–Crippen MR) is 85.7 cm³/mol. The zero-order valence-electron chi connectivity index (χ0n) is 12.7. The van der Waals surface area contributed by atoms with Crippen LogP contribution in [-0.2, 0) is 6.42 Å². The first-order chi connectivity index (χ1) is 11.3. The molecular weight excluding hydrogens is 294 g/mol. The van der Waals surface area contributed by atoms with Crippen molar-refractivity contribution in [3.8, 4) is 11.5 Å². The van der Waals surface area contributed by atoms with Gasteiger partial charge in [0.15, 0.2) is 17.6 Å². The van der Waals surface area contributed by atoms with Crippen LogP contribution in [0.15, 0.2) is 48.8 Å². The standard InChI is InChI=1S/C17H19N3O3/c21-17(19-9-7-13-4-3-8-18-10-13)20-11-14-12-22-15-5-1-2-6-16(15)23-14/h1-6,8,10,14H,7,9,11-12H2,(H2,19,20,21)/t14-/m0/s1. The minimum absolute atomic E-state index is 0.186. The number of aromatic nitrogens is 1. The highest BCUT2D eigenvalue weighted by molar-refractivity contribution is 5.73. The molecule has 6 nitrogen and oxygen atoms in total. The van der Waals surface area contributed by atoms with Gasteiger partial charge in [-0.3, -0.25) is 4.98 Å². The Labute approximate surface area is 134 Å². The van der Waals surface area contributed by atoms with E-state index in [0.717, 1.165) is 17.7 Å². The summed E-state index contributed by atoms with van der Waals surface area (Å²) in [6.45, 7) is 1.38. The maximum Gasteiger partial charge on any atom is 0.314 e. The van der Waals surface area contributed by atoms with Gasteiger partial charge in [0.1, 0.15) is 6.61 Å². The molecule has 1 aliphatic rings. The Morgan fingerprint density at radius 3 is 2.87 bits per heavy atom. The number of benzene rings is 1. The van der Waals surface area contributed by atoms with Gasteiger partial charge >= 0.3 is 6.03 Å². The van der Waals surface area contributed by atoms with Crippen molar-refractivity contribution in [2.24, 2.45) is 0 Å². The number of urea groups is 1. The van der Waals surface area contributed by atoms with E-state index in [9.17, 15) is 4.79 Å². The Morgan fingerprint density at radius 2 is 2.04 bits per heavy atom. The molecule has 1 aliphatic heterocycles. The fraction of sp³-hybridized carbons (Fsp3) is 0.294. The highest BCUT2D eigenvalue weighted by Gasteiger charge is 2.20. The number of hydrogen-bond acceptors (Lipinski definition) is 4. The van der Waals surface area contributed by atoms with E-state index >= 15 is 0 Å². The molecular formula is C17H19N3O3. The molecule has 2 N–H and O–H groups in total. The highest BCUT2D eigenvalue weighted by Crippen LogP contribution is 2.30. The molecule has 1 aromatic heterocycles. The minimum atomic E-state index is -0.212. The van der Waals surface area contributed by atoms with E-state index in [1.54, 1.807) is 12.4 Å². The van der Waals surface area contributed by atoms with Gasteiger partial charge in [-0.25, -0.2) is 4.79 Å². The van der Waals surface area contributed by atoms with E-state index in [4.69, 9.17) is 9.47 Å². The zero-order valence-corrected chi connectivity index (χ0v) is 12.7. The molecule has 2 aromatic rings. The maximum absolute atomic E-state index is 11.8. The molecule has 3 rings (SSSR count). The molecule has 2 heterocycles. The monoisotopic (exact) mass is 313 g/mol. The number of nitrogens with one attached hydrogen (secondary N) is 2. The number of nitrogens with zero attached hydrogens (tertiary/aromatic N) is 1. The molecule has 0 bridgehead atoms. The molecule has 0 radical (unpaired) electrons. The van der Waals surface area contributed by atoms with Gasteiger partial charge in [-0.2, -0.15) is 0 Å². The summed E-state index contributed by atoms with van der Waals surface area (Å²) < 4.78 is 11.4. The molecule has 6 heteroatoms. The van der Waals surface area contributed by atoms with Crippen molar-refractivity contribution >= 4 is 6.03 Å². The van der Waals surface area contributed by atoms with Crippen LogP contribution in [-0.4, -0.2) is 36.8 Å². The molecule has 120 valence electrons. The van der Waals surface area contributed by atoms with Crippen LogP contribution in [0.25, 0.3) is 0 Å². The van der Waals surface area contributed by atoms with Crippen LogP contribution in [0.5, 0.6) is 11.5 Å². The van der Waals surface area contributed by atoms with Crippen LogP contribution < -0.4 is 20.1 Å². The second-order valence-electron chi connectivity index (χ2n) is 5.25. The first-order valence-corrected chi connectivity index (χ1v) is 7.60. The smallest absolute Gasteiger partial charge is 0.314 e. The van der Waals surface area contributed by atoms with Crippen molar-refractivity contribution in [2.45, 2.75) is 12.5 Å². The predicted octanol–water partition coefficient (Wildman–Crippen LogP) is 1.76. The molecule has 0 saturated heterocycles. The Bertz CT molecular complexity index is 649. The van der Waals surface area contributed by atoms with E-state index in [-0.39, 0.29) is 12.1 Å². The number of para-hydroxylation sites is 2. The number of carbonyl (C=O) groups is 1. The summed E-state index contributed by atoms with van der Waals surface area (Å²) in [5.41, 5.74) is 1.09. The summed E-state index contributed by atoms with van der Waals surface area (Å²) in [5.74, 6) is 1.45. The minimum Gasteiger partial charge on any atom is -0.486 e. The third-order valence-electron chi connectivity index (χ3n) is 3.48. The topological polar surface area (TPSA) is 72.5 Å². The summed E-state index contributed by atoms with van der Waals surface area (Å²) in [6, 6.07) is 11.2. The number of carbonyl (C=O) groups excluding carboxylic acids is 1. The van der Waals surface area contributed by atoms with Crippen molar-refractivity contribution < 1.29 is 14.3 Å². The molecule has 2 amide bonds. The molecule has 0 aliphatic carbocycles. The van der Waals surface area contributed by atoms with Gasteiger partial charge in [0, 0.05) is 18.9 Å². The third kappa shape index (κ3) is 4.35. The molecule has 1 atom stereocenters. The summed E-state index contributed by atoms with van der Waals surface area (Å²) >= 11 is 0. The number of amides is 2. The number of ether oxygens (including phenoxy) is 2. The van der Waals surface area contributed by atoms with Gasteiger partial charge in [0.2, 0.25) is 0 Å². The first-order valence-electron chi connectivity index (χ1n) is 7.60. The summed E-state index contributed by atoms with van der Waals surface area (Å²) in [6.07, 6.45) is 4.09. The highest BCUT2D eigenvalue weighted by atomic mass is 16.6. The summed E-state index contributed by atoms with van der Waals surface area (Å²) in [7, 11) is 0. The van der Waals surface area contributed by atoms with Crippen molar-refractivity contribution in [1.82, 2.24) is 15.6 Å². The van der Waals surface area contributed by atoms with Gasteiger partial charge in [-0.05, 0) is 30.2 Å². The quantitative estimate of drug-likeness (QED) is 0.882. The van der Waals surface area contributed by atoms with Gasteiger partial charge in [0.25, 0.3) is 0 Å². The molecule has 0 saturated carbocycles. The second-order valence-corrected chi connectivity index (χ2v) is 5.25. The fourth-order valence-electron chi connectivity index (χ4n) is 2.30. The SMILES string of the molecule is O=C(NCCc1cccnc1)NC[C@H]1COc2ccccc2O1. The van der Waals surface area contributed by atoms with Crippen LogP contribution in [0.4, 0.5) is 4.79 Å². The van der Waals surface area contributed by atoms with E-state index < -0.39 is 0 Å². The van der Waals surface area contributed by atoms with Crippen molar-refractivity contribution in [2.75, 3.05) is 19.7 Å². The normalized spacial score (nSPS) is 15.7. The summed E-state index contributed by atoms with van der Waals surface area (Å²) in [4.78, 5) is 15.8. The van der Waals surface area contributed by atoms with E-state index in [0.29, 0.717) is 25.4 Å². The largest absolute Gasteiger partial charge is 0.486 e. The molecule has 23 heavy (non-hydrogen) atoms. The third-order valence-corrected chi connectivity index (χ3v) is 3.48. The van der Waals surface area contributed by atoms with Gasteiger partial charge in [0.05, 0.1) is 6.54 Å². The van der Waals surface area contributed by atoms with Gasteiger partial charge in [-0.1, -0.05) is 18.2 Å². The van der Waals surface area contributed by atoms with Gasteiger partial charge in [-0.15, -0.1) is 0 Å². The van der Waals surface area contributed by atoms with Crippen LogP contribution in [0.3, 0.4) is 0 Å². The number of pyridine rings is 1. The van der Waals surface area contributed by atoms with E-state index in [2.05, 4.69) is 15.6 Å². The van der Waals surface area contributed by atoms with Crippen LogP contribution in [0, 0.1) is 0 Å². The van der Waals surface area contributed by atoms with Crippen molar-refractivity contribution in [1.29, 1.82) is 0 Å². The van der Waals surface area contributed by atoms with Gasteiger partial charge < -0.3 is 20.1 Å². The van der Waals surface area contributed by atoms with Crippen LogP contribution in [0.2, 0.25) is 0 Å². The number of rotatable bonds is 5. The average Bonchev–Trinajstić information content (AvgIpc) is 2.61. The molecule has 1 aromatic carbocycles. The lowest BCUT2D eigenvalue weighted by Gasteiger charge is -2.26. The van der Waals surface area contributed by atoms with Crippen molar-refractivity contribution in [3.05, 3.63) is 54.4 Å². The average molecular weight is 313 g/mol.